The van der Waals surface area contributed by atoms with E-state index in [1.807, 2.05) is 0 Å². The van der Waals surface area contributed by atoms with Gasteiger partial charge >= 0.3 is 0 Å². The summed E-state index contributed by atoms with van der Waals surface area (Å²) in [7, 11) is 0. The van der Waals surface area contributed by atoms with E-state index in [0.29, 0.717) is 13.0 Å². The molecule has 2 aliphatic rings. The summed E-state index contributed by atoms with van der Waals surface area (Å²) in [4.78, 5) is 11.6. The number of nitrogens with two attached hydrogens (primary N) is 1. The van der Waals surface area contributed by atoms with E-state index in [9.17, 15) is 35.4 Å². The second-order valence-electron chi connectivity index (χ2n) is 7.96. The van der Waals surface area contributed by atoms with E-state index < -0.39 is 80.5 Å². The summed E-state index contributed by atoms with van der Waals surface area (Å²) >= 11 is 0. The van der Waals surface area contributed by atoms with E-state index in [1.165, 1.54) is 6.92 Å². The standard InChI is InChI=1S/C19H36N2O11/c1-9(24)21-12-14(26)13(25)10(7-22)30-18(12)32-17-11(8-23)31-19(16(28)15(17)27)29-6-4-2-3-5-20/h10-19,22-23,25-28H,2-8,20H2,1H3,(H,21,24)/t10-,11-,12-,13+,14-,15-,16-,17+,18+,19+/m1/s1. The Balaban J connectivity index is 2.09. The lowest BCUT2D eigenvalue weighted by Gasteiger charge is -2.47. The van der Waals surface area contributed by atoms with Crippen molar-refractivity contribution in [2.24, 2.45) is 5.73 Å². The van der Waals surface area contributed by atoms with E-state index in [-0.39, 0.29) is 6.61 Å². The van der Waals surface area contributed by atoms with Crippen molar-refractivity contribution < 1.29 is 54.4 Å². The Bertz CT molecular complexity index is 569. The smallest absolute Gasteiger partial charge is 0.217 e. The highest BCUT2D eigenvalue weighted by Gasteiger charge is 2.51. The highest BCUT2D eigenvalue weighted by molar-refractivity contribution is 5.73. The van der Waals surface area contributed by atoms with Gasteiger partial charge in [0.05, 0.1) is 13.2 Å². The minimum atomic E-state index is -1.58. The van der Waals surface area contributed by atoms with Gasteiger partial charge in [0.1, 0.15) is 48.8 Å². The Morgan fingerprint density at radius 1 is 0.906 bits per heavy atom. The number of aliphatic hydroxyl groups excluding tert-OH is 6. The number of ether oxygens (including phenoxy) is 4. The van der Waals surface area contributed by atoms with Gasteiger partial charge in [-0.25, -0.2) is 0 Å². The Morgan fingerprint density at radius 3 is 2.16 bits per heavy atom. The fourth-order valence-electron chi connectivity index (χ4n) is 3.72. The molecule has 0 radical (unpaired) electrons. The molecule has 2 fully saturated rings. The molecular formula is C19H36N2O11. The van der Waals surface area contributed by atoms with Gasteiger partial charge in [-0.3, -0.25) is 4.79 Å². The lowest BCUT2D eigenvalue weighted by Crippen LogP contribution is -2.67. The average Bonchev–Trinajstić information content (AvgIpc) is 2.77. The van der Waals surface area contributed by atoms with Gasteiger partial charge in [-0.1, -0.05) is 0 Å². The summed E-state index contributed by atoms with van der Waals surface area (Å²) in [6.45, 7) is 0.728. The molecule has 13 heteroatoms. The number of rotatable bonds is 11. The highest BCUT2D eigenvalue weighted by Crippen LogP contribution is 2.29. The average molecular weight is 469 g/mol. The molecule has 10 atom stereocenters. The van der Waals surface area contributed by atoms with Crippen LogP contribution in [-0.4, -0.2) is 124 Å². The molecule has 2 saturated heterocycles. The molecule has 1 amide bonds. The maximum absolute atomic E-state index is 11.6. The molecule has 9 N–H and O–H groups in total. The molecule has 13 nitrogen and oxygen atoms in total. The monoisotopic (exact) mass is 468 g/mol. The van der Waals surface area contributed by atoms with Crippen LogP contribution in [0.4, 0.5) is 0 Å². The molecule has 0 spiro atoms. The van der Waals surface area contributed by atoms with Crippen molar-refractivity contribution in [3.63, 3.8) is 0 Å². The number of aliphatic hydroxyl groups is 6. The van der Waals surface area contributed by atoms with Crippen LogP contribution in [0.5, 0.6) is 0 Å². The highest BCUT2D eigenvalue weighted by atomic mass is 16.7. The first kappa shape index (κ1) is 27.3. The summed E-state index contributed by atoms with van der Waals surface area (Å²) in [6, 6.07) is -1.26. The third-order valence-corrected chi connectivity index (χ3v) is 5.49. The number of amides is 1. The molecule has 188 valence electrons. The van der Waals surface area contributed by atoms with Crippen LogP contribution >= 0.6 is 0 Å². The number of hydrogen-bond acceptors (Lipinski definition) is 12. The molecule has 2 aliphatic heterocycles. The van der Waals surface area contributed by atoms with Gasteiger partial charge in [-0.05, 0) is 25.8 Å². The van der Waals surface area contributed by atoms with Crippen molar-refractivity contribution in [1.82, 2.24) is 5.32 Å². The number of carbonyl (C=O) groups is 1. The van der Waals surface area contributed by atoms with Crippen LogP contribution in [0.3, 0.4) is 0 Å². The molecule has 0 saturated carbocycles. The predicted molar refractivity (Wildman–Crippen MR) is 107 cm³/mol. The lowest BCUT2D eigenvalue weighted by molar-refractivity contribution is -0.347. The maximum Gasteiger partial charge on any atom is 0.217 e. The van der Waals surface area contributed by atoms with Crippen LogP contribution in [0, 0.1) is 0 Å². The predicted octanol–water partition coefficient (Wildman–Crippen LogP) is -4.10. The number of hydrogen-bond donors (Lipinski definition) is 8. The summed E-state index contributed by atoms with van der Waals surface area (Å²) in [6.07, 6.45) is -10.2. The van der Waals surface area contributed by atoms with E-state index >= 15 is 0 Å². The van der Waals surface area contributed by atoms with Crippen molar-refractivity contribution in [2.75, 3.05) is 26.4 Å². The van der Waals surface area contributed by atoms with Crippen LogP contribution in [0.1, 0.15) is 26.2 Å². The second kappa shape index (κ2) is 13.1. The SMILES string of the molecule is CC(=O)N[C@H]1[C@H](O[C@@H]2[C@H](O)[C@@H](O)[C@@H](OCCCCCN)O[C@@H]2CO)O[C@H](CO)[C@H](O)[C@@H]1O. The molecule has 2 heterocycles. The van der Waals surface area contributed by atoms with E-state index in [1.54, 1.807) is 0 Å². The van der Waals surface area contributed by atoms with E-state index in [4.69, 9.17) is 24.7 Å². The van der Waals surface area contributed by atoms with Gasteiger partial charge in [0, 0.05) is 13.5 Å². The van der Waals surface area contributed by atoms with Gasteiger partial charge in [0.2, 0.25) is 5.91 Å². The topological polar surface area (TPSA) is 213 Å². The van der Waals surface area contributed by atoms with Crippen LogP contribution in [-0.2, 0) is 23.7 Å². The molecule has 0 unspecified atom stereocenters. The van der Waals surface area contributed by atoms with Gasteiger partial charge in [-0.15, -0.1) is 0 Å². The minimum absolute atomic E-state index is 0.247. The van der Waals surface area contributed by atoms with Crippen molar-refractivity contribution >= 4 is 5.91 Å². The summed E-state index contributed by atoms with van der Waals surface area (Å²) in [5.74, 6) is -0.553. The normalized spacial score (nSPS) is 40.2. The summed E-state index contributed by atoms with van der Waals surface area (Å²) < 4.78 is 22.2. The van der Waals surface area contributed by atoms with Crippen LogP contribution in [0.15, 0.2) is 0 Å². The lowest BCUT2D eigenvalue weighted by atomic mass is 9.95. The first-order chi connectivity index (χ1) is 15.2. The first-order valence-electron chi connectivity index (χ1n) is 10.7. The largest absolute Gasteiger partial charge is 0.394 e. The molecule has 0 aromatic carbocycles. The van der Waals surface area contributed by atoms with Crippen LogP contribution in [0.2, 0.25) is 0 Å². The fourth-order valence-corrected chi connectivity index (χ4v) is 3.72. The second-order valence-corrected chi connectivity index (χ2v) is 7.96. The fraction of sp³-hybridized carbons (Fsp3) is 0.947. The van der Waals surface area contributed by atoms with Crippen molar-refractivity contribution in [1.29, 1.82) is 0 Å². The van der Waals surface area contributed by atoms with Gasteiger partial charge in [-0.2, -0.15) is 0 Å². The Hall–Kier alpha value is -0.970. The van der Waals surface area contributed by atoms with Crippen LogP contribution < -0.4 is 11.1 Å². The van der Waals surface area contributed by atoms with Crippen LogP contribution in [0.25, 0.3) is 0 Å². The molecule has 32 heavy (non-hydrogen) atoms. The Kier molecular flexibility index (Phi) is 11.1. The summed E-state index contributed by atoms with van der Waals surface area (Å²) in [5.41, 5.74) is 5.44. The van der Waals surface area contributed by atoms with Gasteiger partial charge in [0.15, 0.2) is 12.6 Å². The zero-order chi connectivity index (χ0) is 23.8. The molecular weight excluding hydrogens is 432 g/mol. The Morgan fingerprint density at radius 2 is 1.56 bits per heavy atom. The number of nitrogens with one attached hydrogen (secondary N) is 1. The molecule has 0 bridgehead atoms. The van der Waals surface area contributed by atoms with E-state index in [2.05, 4.69) is 5.32 Å². The molecule has 2 rings (SSSR count). The molecule has 0 aromatic rings. The molecule has 0 aliphatic carbocycles. The van der Waals surface area contributed by atoms with Crippen molar-refractivity contribution in [2.45, 2.75) is 87.5 Å². The molecule has 0 aromatic heterocycles. The third kappa shape index (κ3) is 6.77. The quantitative estimate of drug-likeness (QED) is 0.136. The number of carbonyl (C=O) groups excluding carboxylic acids is 1. The van der Waals surface area contributed by atoms with Gasteiger partial charge in [0.25, 0.3) is 0 Å². The number of unbranched alkanes of at least 4 members (excludes halogenated alkanes) is 2. The van der Waals surface area contributed by atoms with Gasteiger partial charge < -0.3 is 60.6 Å². The zero-order valence-electron chi connectivity index (χ0n) is 18.0. The van der Waals surface area contributed by atoms with Crippen molar-refractivity contribution in [3.8, 4) is 0 Å². The maximum atomic E-state index is 11.6. The third-order valence-electron chi connectivity index (χ3n) is 5.49. The van der Waals surface area contributed by atoms with E-state index in [0.717, 1.165) is 12.8 Å². The zero-order valence-corrected chi connectivity index (χ0v) is 18.0. The minimum Gasteiger partial charge on any atom is -0.394 e. The van der Waals surface area contributed by atoms with Crippen molar-refractivity contribution in [3.05, 3.63) is 0 Å². The first-order valence-corrected chi connectivity index (χ1v) is 10.7. The Labute approximate surface area is 186 Å². The summed E-state index contributed by atoms with van der Waals surface area (Å²) in [5, 5.41) is 63.1.